The molecule has 0 saturated heterocycles. The molecule has 2 aromatic carbocycles. The van der Waals surface area contributed by atoms with Gasteiger partial charge in [-0.05, 0) is 35.6 Å². The molecular weight excluding hydrogens is 328 g/mol. The van der Waals surface area contributed by atoms with Gasteiger partial charge in [-0.3, -0.25) is 9.59 Å². The Bertz CT molecular complexity index is 858. The molecule has 2 aromatic rings. The van der Waals surface area contributed by atoms with Crippen LogP contribution in [0.1, 0.15) is 42.4 Å². The standard InChI is InChI=1S/C21H20N2O3/c24-20(22-26)11-5-6-12-21(25)23-15-18-9-2-1-7-16(18)13-14-17-8-3-4-10-19(17)23/h1-4,7-10,13-14H,5-6,11-12,15H2. The molecule has 3 rings (SSSR count). The molecule has 5 heteroatoms. The molecule has 0 atom stereocenters. The highest BCUT2D eigenvalue weighted by Gasteiger charge is 2.20. The molecule has 0 radical (unpaired) electrons. The molecule has 1 aliphatic rings. The summed E-state index contributed by atoms with van der Waals surface area (Å²) < 4.78 is 0. The van der Waals surface area contributed by atoms with Crippen LogP contribution in [0.15, 0.2) is 53.7 Å². The average Bonchev–Trinajstić information content (AvgIpc) is 2.66. The summed E-state index contributed by atoms with van der Waals surface area (Å²) in [7, 11) is 0. The van der Waals surface area contributed by atoms with Crippen LogP contribution < -0.4 is 4.90 Å². The Balaban J connectivity index is 1.81. The summed E-state index contributed by atoms with van der Waals surface area (Å²) in [5, 5.41) is 2.38. The quantitative estimate of drug-likeness (QED) is 0.588. The number of nitrogens with zero attached hydrogens (tertiary/aromatic N) is 2. The van der Waals surface area contributed by atoms with Gasteiger partial charge in [-0.25, -0.2) is 0 Å². The Morgan fingerprint density at radius 3 is 2.35 bits per heavy atom. The van der Waals surface area contributed by atoms with Crippen LogP contribution in [0.25, 0.3) is 12.2 Å². The Labute approximate surface area is 152 Å². The minimum atomic E-state index is -0.659. The van der Waals surface area contributed by atoms with Gasteiger partial charge in [-0.15, -0.1) is 4.91 Å². The number of hydrogen-bond donors (Lipinski definition) is 0. The van der Waals surface area contributed by atoms with Crippen molar-refractivity contribution in [1.29, 1.82) is 0 Å². The highest BCUT2D eigenvalue weighted by molar-refractivity contribution is 5.97. The van der Waals surface area contributed by atoms with Crippen LogP contribution in [-0.2, 0) is 16.1 Å². The zero-order valence-corrected chi connectivity index (χ0v) is 14.4. The summed E-state index contributed by atoms with van der Waals surface area (Å²) in [4.78, 5) is 35.8. The van der Waals surface area contributed by atoms with Gasteiger partial charge >= 0.3 is 0 Å². The number of benzene rings is 2. The third-order valence-electron chi connectivity index (χ3n) is 4.49. The van der Waals surface area contributed by atoms with Crippen LogP contribution in [0.3, 0.4) is 0 Å². The van der Waals surface area contributed by atoms with Crippen molar-refractivity contribution >= 4 is 29.7 Å². The van der Waals surface area contributed by atoms with Crippen LogP contribution in [0, 0.1) is 4.91 Å². The fourth-order valence-electron chi connectivity index (χ4n) is 3.11. The Kier molecular flexibility index (Phi) is 5.69. The number of anilines is 1. The van der Waals surface area contributed by atoms with Crippen molar-refractivity contribution in [2.75, 3.05) is 4.90 Å². The summed E-state index contributed by atoms with van der Waals surface area (Å²) >= 11 is 0. The van der Waals surface area contributed by atoms with Gasteiger partial charge in [0, 0.05) is 18.0 Å². The lowest BCUT2D eigenvalue weighted by atomic mass is 10.0. The predicted octanol–water partition coefficient (Wildman–Crippen LogP) is 4.56. The predicted molar refractivity (Wildman–Crippen MR) is 102 cm³/mol. The van der Waals surface area contributed by atoms with E-state index >= 15 is 0 Å². The molecule has 0 fully saturated rings. The summed E-state index contributed by atoms with van der Waals surface area (Å²) in [5.74, 6) is -0.651. The lowest BCUT2D eigenvalue weighted by molar-refractivity contribution is -0.120. The molecule has 2 amide bonds. The van der Waals surface area contributed by atoms with E-state index in [0.717, 1.165) is 22.4 Å². The van der Waals surface area contributed by atoms with Crippen LogP contribution in [0.5, 0.6) is 0 Å². The van der Waals surface area contributed by atoms with Crippen LogP contribution in [0.2, 0.25) is 0 Å². The first kappa shape index (κ1) is 17.7. The minimum Gasteiger partial charge on any atom is -0.307 e. The van der Waals surface area contributed by atoms with E-state index in [4.69, 9.17) is 0 Å². The van der Waals surface area contributed by atoms with Gasteiger partial charge in [0.05, 0.1) is 12.2 Å². The molecule has 0 bridgehead atoms. The van der Waals surface area contributed by atoms with Crippen molar-refractivity contribution < 1.29 is 9.59 Å². The molecule has 0 N–H and O–H groups in total. The molecule has 132 valence electrons. The highest BCUT2D eigenvalue weighted by Crippen LogP contribution is 2.29. The number of carbonyl (C=O) groups is 2. The number of rotatable bonds is 5. The van der Waals surface area contributed by atoms with E-state index < -0.39 is 5.91 Å². The third-order valence-corrected chi connectivity index (χ3v) is 4.49. The Morgan fingerprint density at radius 1 is 0.885 bits per heavy atom. The number of hydrogen-bond acceptors (Lipinski definition) is 3. The van der Waals surface area contributed by atoms with Crippen molar-refractivity contribution in [2.24, 2.45) is 5.18 Å². The highest BCUT2D eigenvalue weighted by atomic mass is 16.3. The van der Waals surface area contributed by atoms with Crippen LogP contribution in [0.4, 0.5) is 5.69 Å². The number of nitroso groups, excluding NO2 is 1. The van der Waals surface area contributed by atoms with E-state index in [1.807, 2.05) is 54.6 Å². The van der Waals surface area contributed by atoms with E-state index in [1.54, 1.807) is 4.90 Å². The summed E-state index contributed by atoms with van der Waals surface area (Å²) in [6.07, 6.45) is 5.57. The smallest absolute Gasteiger partial charge is 0.286 e. The van der Waals surface area contributed by atoms with Gasteiger partial charge in [0.1, 0.15) is 0 Å². The Morgan fingerprint density at radius 2 is 1.54 bits per heavy atom. The monoisotopic (exact) mass is 348 g/mol. The molecule has 0 spiro atoms. The van der Waals surface area contributed by atoms with Crippen molar-refractivity contribution in [3.05, 3.63) is 70.1 Å². The van der Waals surface area contributed by atoms with Crippen LogP contribution >= 0.6 is 0 Å². The molecule has 1 heterocycles. The summed E-state index contributed by atoms with van der Waals surface area (Å²) in [5.41, 5.74) is 4.07. The maximum absolute atomic E-state index is 12.9. The second-order valence-corrected chi connectivity index (χ2v) is 6.26. The van der Waals surface area contributed by atoms with Crippen molar-refractivity contribution in [3.8, 4) is 0 Å². The van der Waals surface area contributed by atoms with E-state index in [1.165, 1.54) is 0 Å². The second kappa shape index (κ2) is 8.34. The van der Waals surface area contributed by atoms with E-state index in [9.17, 15) is 14.5 Å². The molecule has 0 saturated carbocycles. The molecule has 5 nitrogen and oxygen atoms in total. The third kappa shape index (κ3) is 4.11. The van der Waals surface area contributed by atoms with Gasteiger partial charge in [-0.2, -0.15) is 0 Å². The summed E-state index contributed by atoms with van der Waals surface area (Å²) in [6, 6.07) is 15.9. The second-order valence-electron chi connectivity index (χ2n) is 6.26. The molecule has 0 unspecified atom stereocenters. The molecular formula is C21H20N2O3. The normalized spacial score (nSPS) is 12.5. The minimum absolute atomic E-state index is 0.00839. The lowest BCUT2D eigenvalue weighted by Crippen LogP contribution is -2.31. The van der Waals surface area contributed by atoms with Crippen LogP contribution in [-0.4, -0.2) is 11.8 Å². The molecule has 1 aliphatic heterocycles. The largest absolute Gasteiger partial charge is 0.307 e. The molecule has 26 heavy (non-hydrogen) atoms. The van der Waals surface area contributed by atoms with E-state index in [2.05, 4.69) is 11.3 Å². The molecule has 0 aromatic heterocycles. The fraction of sp³-hybridized carbons (Fsp3) is 0.238. The van der Waals surface area contributed by atoms with E-state index in [0.29, 0.717) is 25.8 Å². The van der Waals surface area contributed by atoms with Gasteiger partial charge in [0.25, 0.3) is 5.91 Å². The lowest BCUT2D eigenvalue weighted by Gasteiger charge is -2.27. The first-order valence-corrected chi connectivity index (χ1v) is 8.70. The Hall–Kier alpha value is -3.08. The van der Waals surface area contributed by atoms with Gasteiger partial charge in [0.2, 0.25) is 5.91 Å². The van der Waals surface area contributed by atoms with Crippen molar-refractivity contribution in [3.63, 3.8) is 0 Å². The number of fused-ring (bicyclic) bond motifs is 2. The summed E-state index contributed by atoms with van der Waals surface area (Å²) in [6.45, 7) is 0.505. The zero-order chi connectivity index (χ0) is 18.4. The van der Waals surface area contributed by atoms with Gasteiger partial charge in [0.15, 0.2) is 0 Å². The number of carbonyl (C=O) groups excluding carboxylic acids is 2. The number of para-hydroxylation sites is 1. The number of unbranched alkanes of at least 4 members (excludes halogenated alkanes) is 1. The van der Waals surface area contributed by atoms with E-state index in [-0.39, 0.29) is 12.3 Å². The van der Waals surface area contributed by atoms with Crippen molar-refractivity contribution in [1.82, 2.24) is 0 Å². The fourth-order valence-corrected chi connectivity index (χ4v) is 3.11. The maximum Gasteiger partial charge on any atom is 0.286 e. The topological polar surface area (TPSA) is 66.8 Å². The number of amides is 2. The zero-order valence-electron chi connectivity index (χ0n) is 14.4. The maximum atomic E-state index is 12.9. The first-order valence-electron chi connectivity index (χ1n) is 8.70. The van der Waals surface area contributed by atoms with Gasteiger partial charge < -0.3 is 4.90 Å². The first-order chi connectivity index (χ1) is 12.7. The molecule has 0 aliphatic carbocycles. The van der Waals surface area contributed by atoms with Crippen molar-refractivity contribution in [2.45, 2.75) is 32.2 Å². The SMILES string of the molecule is O=NC(=O)CCCCC(=O)N1Cc2ccccc2C=Cc2ccccc21. The van der Waals surface area contributed by atoms with Gasteiger partial charge in [-0.1, -0.05) is 54.6 Å². The average molecular weight is 348 g/mol.